The number of hydrogen-bond acceptors (Lipinski definition) is 6. The molecular formula is C20H27N5O5. The van der Waals surface area contributed by atoms with Crippen LogP contribution >= 0.6 is 0 Å². The van der Waals surface area contributed by atoms with E-state index in [-0.39, 0.29) is 24.5 Å². The molecule has 0 unspecified atom stereocenters. The fourth-order valence-corrected chi connectivity index (χ4v) is 2.74. The number of nitrogens with zero attached hydrogens (tertiary/aromatic N) is 1. The second kappa shape index (κ2) is 10.4. The number of nitrogens with two attached hydrogens (primary N) is 1. The zero-order valence-electron chi connectivity index (χ0n) is 16.8. The van der Waals surface area contributed by atoms with Crippen LogP contribution in [0, 0.1) is 5.92 Å². The number of nitrogens with one attached hydrogen (secondary N) is 3. The molecule has 162 valence electrons. The van der Waals surface area contributed by atoms with Gasteiger partial charge in [-0.2, -0.15) is 0 Å². The van der Waals surface area contributed by atoms with Crippen LogP contribution in [0.4, 0.5) is 0 Å². The number of rotatable bonds is 10. The summed E-state index contributed by atoms with van der Waals surface area (Å²) in [5.41, 5.74) is 7.10. The zero-order valence-corrected chi connectivity index (χ0v) is 16.8. The molecule has 10 nitrogen and oxygen atoms in total. The Balaban J connectivity index is 2.17. The van der Waals surface area contributed by atoms with Gasteiger partial charge in [0.1, 0.15) is 17.8 Å². The summed E-state index contributed by atoms with van der Waals surface area (Å²) in [5.74, 6) is -2.46. The molecule has 2 amide bonds. The van der Waals surface area contributed by atoms with Gasteiger partial charge in [-0.05, 0) is 23.6 Å². The van der Waals surface area contributed by atoms with Gasteiger partial charge in [-0.3, -0.25) is 9.59 Å². The molecule has 1 aromatic carbocycles. The molecule has 30 heavy (non-hydrogen) atoms. The smallest absolute Gasteiger partial charge is 0.326 e. The highest BCUT2D eigenvalue weighted by molar-refractivity contribution is 5.92. The third-order valence-electron chi connectivity index (χ3n) is 4.62. The maximum absolute atomic E-state index is 12.9. The third-order valence-corrected chi connectivity index (χ3v) is 4.62. The number of aromatic hydroxyl groups is 1. The zero-order chi connectivity index (χ0) is 22.3. The Morgan fingerprint density at radius 3 is 2.23 bits per heavy atom. The summed E-state index contributed by atoms with van der Waals surface area (Å²) in [6.07, 6.45) is 2.99. The molecule has 0 saturated carbocycles. The molecule has 3 atom stereocenters. The van der Waals surface area contributed by atoms with Gasteiger partial charge in [0, 0.05) is 24.7 Å². The number of aromatic nitrogens is 2. The van der Waals surface area contributed by atoms with Crippen LogP contribution in [0.5, 0.6) is 5.75 Å². The van der Waals surface area contributed by atoms with E-state index in [9.17, 15) is 24.6 Å². The Labute approximate surface area is 173 Å². The maximum atomic E-state index is 12.9. The number of carbonyl (C=O) groups excluding carboxylic acids is 2. The van der Waals surface area contributed by atoms with Crippen LogP contribution in [-0.2, 0) is 27.2 Å². The predicted molar refractivity (Wildman–Crippen MR) is 108 cm³/mol. The summed E-state index contributed by atoms with van der Waals surface area (Å²) < 4.78 is 0. The van der Waals surface area contributed by atoms with E-state index >= 15 is 0 Å². The van der Waals surface area contributed by atoms with Gasteiger partial charge in [0.2, 0.25) is 11.8 Å². The average molecular weight is 417 g/mol. The van der Waals surface area contributed by atoms with Crippen molar-refractivity contribution in [2.45, 2.75) is 44.8 Å². The number of phenols is 1. The maximum Gasteiger partial charge on any atom is 0.326 e. The Bertz CT molecular complexity index is 851. The van der Waals surface area contributed by atoms with Crippen molar-refractivity contribution in [2.75, 3.05) is 0 Å². The first kappa shape index (κ1) is 22.9. The number of imidazole rings is 1. The normalized spacial score (nSPS) is 14.0. The number of phenolic OH excluding ortho intramolecular Hbond substituents is 1. The fraction of sp³-hybridized carbons (Fsp3) is 0.400. The number of amides is 2. The van der Waals surface area contributed by atoms with E-state index in [0.29, 0.717) is 11.3 Å². The van der Waals surface area contributed by atoms with Crippen molar-refractivity contribution >= 4 is 17.8 Å². The molecule has 7 N–H and O–H groups in total. The number of aliphatic carboxylic acids is 1. The van der Waals surface area contributed by atoms with Crippen molar-refractivity contribution in [1.82, 2.24) is 20.6 Å². The minimum Gasteiger partial charge on any atom is -0.508 e. The number of carboxylic acid groups (broad SMARTS) is 1. The molecule has 0 fully saturated rings. The van der Waals surface area contributed by atoms with Gasteiger partial charge >= 0.3 is 5.97 Å². The summed E-state index contributed by atoms with van der Waals surface area (Å²) in [6.45, 7) is 3.56. The fourth-order valence-electron chi connectivity index (χ4n) is 2.74. The highest BCUT2D eigenvalue weighted by Gasteiger charge is 2.29. The van der Waals surface area contributed by atoms with E-state index < -0.39 is 35.9 Å². The Kier molecular flexibility index (Phi) is 7.93. The predicted octanol–water partition coefficient (Wildman–Crippen LogP) is -0.0620. The van der Waals surface area contributed by atoms with Gasteiger partial charge in [-0.25, -0.2) is 9.78 Å². The van der Waals surface area contributed by atoms with Crippen molar-refractivity contribution in [3.05, 3.63) is 48.0 Å². The molecule has 2 aromatic rings. The summed E-state index contributed by atoms with van der Waals surface area (Å²) in [4.78, 5) is 43.6. The molecule has 10 heteroatoms. The molecule has 0 aliphatic carbocycles. The van der Waals surface area contributed by atoms with Crippen LogP contribution in [0.3, 0.4) is 0 Å². The van der Waals surface area contributed by atoms with E-state index in [0.717, 1.165) is 0 Å². The van der Waals surface area contributed by atoms with Gasteiger partial charge in [-0.15, -0.1) is 0 Å². The Morgan fingerprint density at radius 1 is 1.07 bits per heavy atom. The molecule has 1 aromatic heterocycles. The first-order valence-corrected chi connectivity index (χ1v) is 9.51. The van der Waals surface area contributed by atoms with Crippen molar-refractivity contribution < 1.29 is 24.6 Å². The van der Waals surface area contributed by atoms with Crippen molar-refractivity contribution in [3.63, 3.8) is 0 Å². The van der Waals surface area contributed by atoms with E-state index in [2.05, 4.69) is 20.6 Å². The molecule has 0 radical (unpaired) electrons. The topological polar surface area (TPSA) is 170 Å². The Hall–Kier alpha value is -3.40. The summed E-state index contributed by atoms with van der Waals surface area (Å²) in [5, 5.41) is 24.0. The summed E-state index contributed by atoms with van der Waals surface area (Å²) in [6, 6.07) is 3.08. The lowest BCUT2D eigenvalue weighted by atomic mass is 10.0. The second-order valence-electron chi connectivity index (χ2n) is 7.38. The second-order valence-corrected chi connectivity index (χ2v) is 7.38. The summed E-state index contributed by atoms with van der Waals surface area (Å²) >= 11 is 0. The first-order chi connectivity index (χ1) is 14.2. The Morgan fingerprint density at radius 2 is 1.70 bits per heavy atom. The summed E-state index contributed by atoms with van der Waals surface area (Å²) in [7, 11) is 0. The number of benzene rings is 1. The molecule has 2 rings (SSSR count). The van der Waals surface area contributed by atoms with Crippen LogP contribution in [-0.4, -0.2) is 56.1 Å². The lowest BCUT2D eigenvalue weighted by molar-refractivity contribution is -0.142. The number of carboxylic acids is 1. The minimum atomic E-state index is -1.22. The lowest BCUT2D eigenvalue weighted by Crippen LogP contribution is -2.56. The number of aromatic amines is 1. The van der Waals surface area contributed by atoms with Gasteiger partial charge in [0.25, 0.3) is 0 Å². The molecule has 0 spiro atoms. The molecule has 0 bridgehead atoms. The van der Waals surface area contributed by atoms with Gasteiger partial charge in [0.05, 0.1) is 12.4 Å². The standard InChI is InChI=1S/C20H27N5O5/c1-11(2)17(21)19(28)24-15(7-12-3-5-14(26)6-4-12)18(27)25-16(20(29)30)8-13-9-22-10-23-13/h3-6,9-11,15-17,26H,7-8,21H2,1-2H3,(H,22,23)(H,24,28)(H,25,27)(H,29,30)/t15-,16-,17-/m0/s1. The quantitative estimate of drug-likeness (QED) is 0.314. The van der Waals surface area contributed by atoms with Crippen molar-refractivity contribution in [1.29, 1.82) is 0 Å². The number of hydrogen-bond donors (Lipinski definition) is 6. The SMILES string of the molecule is CC(C)[C@H](N)C(=O)N[C@@H](Cc1ccc(O)cc1)C(=O)N[C@@H](Cc1cnc[nH]1)C(=O)O. The van der Waals surface area contributed by atoms with E-state index in [4.69, 9.17) is 5.73 Å². The van der Waals surface area contributed by atoms with Gasteiger partial charge < -0.3 is 31.6 Å². The highest BCUT2D eigenvalue weighted by Crippen LogP contribution is 2.12. The monoisotopic (exact) mass is 417 g/mol. The molecule has 0 saturated heterocycles. The van der Waals surface area contributed by atoms with Crippen LogP contribution in [0.1, 0.15) is 25.1 Å². The lowest BCUT2D eigenvalue weighted by Gasteiger charge is -2.24. The molecule has 0 aliphatic heterocycles. The average Bonchev–Trinajstić information content (AvgIpc) is 3.20. The minimum absolute atomic E-state index is 0.00641. The van der Waals surface area contributed by atoms with E-state index in [1.807, 2.05) is 0 Å². The van der Waals surface area contributed by atoms with E-state index in [1.165, 1.54) is 24.7 Å². The van der Waals surface area contributed by atoms with Crippen LogP contribution in [0.2, 0.25) is 0 Å². The van der Waals surface area contributed by atoms with Crippen molar-refractivity contribution in [3.8, 4) is 5.75 Å². The first-order valence-electron chi connectivity index (χ1n) is 9.51. The molecule has 1 heterocycles. The van der Waals surface area contributed by atoms with Gasteiger partial charge in [0.15, 0.2) is 0 Å². The van der Waals surface area contributed by atoms with E-state index in [1.54, 1.807) is 26.0 Å². The van der Waals surface area contributed by atoms with Crippen LogP contribution in [0.15, 0.2) is 36.8 Å². The van der Waals surface area contributed by atoms with Crippen LogP contribution < -0.4 is 16.4 Å². The largest absolute Gasteiger partial charge is 0.508 e. The van der Waals surface area contributed by atoms with Crippen molar-refractivity contribution in [2.24, 2.45) is 11.7 Å². The van der Waals surface area contributed by atoms with Crippen LogP contribution in [0.25, 0.3) is 0 Å². The molecular weight excluding hydrogens is 390 g/mol. The third kappa shape index (κ3) is 6.59. The highest BCUT2D eigenvalue weighted by atomic mass is 16.4. The molecule has 0 aliphatic rings. The number of carbonyl (C=O) groups is 3. The number of H-pyrrole nitrogens is 1. The van der Waals surface area contributed by atoms with Gasteiger partial charge in [-0.1, -0.05) is 26.0 Å².